The summed E-state index contributed by atoms with van der Waals surface area (Å²) in [6.07, 6.45) is 3.74. The van der Waals surface area contributed by atoms with Gasteiger partial charge in [-0.25, -0.2) is 8.42 Å². The summed E-state index contributed by atoms with van der Waals surface area (Å²) in [7, 11) is -3.53. The zero-order chi connectivity index (χ0) is 14.9. The maximum Gasteiger partial charge on any atom is 0.243 e. The van der Waals surface area contributed by atoms with Gasteiger partial charge >= 0.3 is 0 Å². The number of anilines is 1. The van der Waals surface area contributed by atoms with Crippen molar-refractivity contribution in [1.29, 1.82) is 0 Å². The molecule has 1 aromatic carbocycles. The minimum atomic E-state index is -3.53. The van der Waals surface area contributed by atoms with Gasteiger partial charge in [-0.3, -0.25) is 0 Å². The molecule has 4 nitrogen and oxygen atoms in total. The number of sulfonamides is 1. The number of nitrogen functional groups attached to an aromatic ring is 1. The van der Waals surface area contributed by atoms with E-state index < -0.39 is 10.0 Å². The molecule has 112 valence electrons. The molecule has 0 spiro atoms. The molecule has 1 fully saturated rings. The SMILES string of the molecule is CCC1CCCCN1S(=O)(=O)c1cc(Cl)cc(N)c1C. The fourth-order valence-corrected chi connectivity index (χ4v) is 5.11. The minimum absolute atomic E-state index is 0.0772. The molecule has 0 aliphatic carbocycles. The Labute approximate surface area is 126 Å². The molecule has 0 amide bonds. The molecule has 0 bridgehead atoms. The van der Waals surface area contributed by atoms with Crippen LogP contribution in [-0.2, 0) is 10.0 Å². The van der Waals surface area contributed by atoms with Crippen LogP contribution in [0.3, 0.4) is 0 Å². The second-order valence-electron chi connectivity index (χ2n) is 5.29. The molecule has 1 aromatic rings. The molecule has 0 saturated carbocycles. The molecular formula is C14H21ClN2O2S. The summed E-state index contributed by atoms with van der Waals surface area (Å²) < 4.78 is 27.4. The number of hydrogen-bond acceptors (Lipinski definition) is 3. The van der Waals surface area contributed by atoms with Crippen LogP contribution in [0, 0.1) is 6.92 Å². The van der Waals surface area contributed by atoms with E-state index in [1.54, 1.807) is 17.3 Å². The maximum absolute atomic E-state index is 12.9. The van der Waals surface area contributed by atoms with E-state index >= 15 is 0 Å². The Balaban J connectivity index is 2.49. The van der Waals surface area contributed by atoms with E-state index in [9.17, 15) is 8.42 Å². The Kier molecular flexibility index (Phi) is 4.62. The van der Waals surface area contributed by atoms with Crippen LogP contribution in [0.5, 0.6) is 0 Å². The van der Waals surface area contributed by atoms with Gasteiger partial charge < -0.3 is 5.73 Å². The Bertz CT molecular complexity index is 601. The summed E-state index contributed by atoms with van der Waals surface area (Å²) >= 11 is 5.97. The molecular weight excluding hydrogens is 296 g/mol. The van der Waals surface area contributed by atoms with Gasteiger partial charge in [0.25, 0.3) is 0 Å². The van der Waals surface area contributed by atoms with E-state index in [1.165, 1.54) is 6.07 Å². The lowest BCUT2D eigenvalue weighted by Gasteiger charge is -2.34. The third-order valence-corrected chi connectivity index (χ3v) is 6.29. The number of hydrogen-bond donors (Lipinski definition) is 1. The molecule has 1 heterocycles. The van der Waals surface area contributed by atoms with E-state index in [2.05, 4.69) is 0 Å². The zero-order valence-corrected chi connectivity index (χ0v) is 13.5. The normalized spacial score (nSPS) is 21.1. The molecule has 1 atom stereocenters. The zero-order valence-electron chi connectivity index (χ0n) is 11.9. The smallest absolute Gasteiger partial charge is 0.243 e. The van der Waals surface area contributed by atoms with Crippen molar-refractivity contribution >= 4 is 27.3 Å². The molecule has 2 N–H and O–H groups in total. The Morgan fingerprint density at radius 3 is 2.75 bits per heavy atom. The van der Waals surface area contributed by atoms with E-state index in [1.807, 2.05) is 6.92 Å². The van der Waals surface area contributed by atoms with Gasteiger partial charge in [-0.2, -0.15) is 4.31 Å². The van der Waals surface area contributed by atoms with Gasteiger partial charge in [-0.05, 0) is 43.9 Å². The fraction of sp³-hybridized carbons (Fsp3) is 0.571. The summed E-state index contributed by atoms with van der Waals surface area (Å²) in [5.74, 6) is 0. The van der Waals surface area contributed by atoms with E-state index in [4.69, 9.17) is 17.3 Å². The average Bonchev–Trinajstić information content (AvgIpc) is 2.42. The summed E-state index contributed by atoms with van der Waals surface area (Å²) in [5, 5.41) is 0.358. The summed E-state index contributed by atoms with van der Waals surface area (Å²) in [5.41, 5.74) is 6.84. The number of nitrogens with zero attached hydrogens (tertiary/aromatic N) is 1. The maximum atomic E-state index is 12.9. The summed E-state index contributed by atoms with van der Waals surface area (Å²) in [6, 6.07) is 3.17. The predicted octanol–water partition coefficient (Wildman–Crippen LogP) is 3.18. The lowest BCUT2D eigenvalue weighted by molar-refractivity contribution is 0.246. The first-order valence-corrected chi connectivity index (χ1v) is 8.77. The summed E-state index contributed by atoms with van der Waals surface area (Å²) in [4.78, 5) is 0.239. The molecule has 6 heteroatoms. The Morgan fingerprint density at radius 1 is 1.40 bits per heavy atom. The third-order valence-electron chi connectivity index (χ3n) is 4.00. The second kappa shape index (κ2) is 5.92. The van der Waals surface area contributed by atoms with Crippen molar-refractivity contribution in [2.45, 2.75) is 50.5 Å². The first-order chi connectivity index (χ1) is 9.37. The monoisotopic (exact) mass is 316 g/mol. The average molecular weight is 317 g/mol. The highest BCUT2D eigenvalue weighted by Gasteiger charge is 2.33. The number of nitrogens with two attached hydrogens (primary N) is 1. The summed E-state index contributed by atoms with van der Waals surface area (Å²) in [6.45, 7) is 4.33. The largest absolute Gasteiger partial charge is 0.398 e. The molecule has 0 radical (unpaired) electrons. The van der Waals surface area contributed by atoms with Crippen molar-refractivity contribution in [3.05, 3.63) is 22.7 Å². The van der Waals surface area contributed by atoms with Crippen LogP contribution in [0.25, 0.3) is 0 Å². The van der Waals surface area contributed by atoms with Crippen molar-refractivity contribution in [2.75, 3.05) is 12.3 Å². The van der Waals surface area contributed by atoms with E-state index in [-0.39, 0.29) is 10.9 Å². The van der Waals surface area contributed by atoms with E-state index in [0.29, 0.717) is 22.8 Å². The second-order valence-corrected chi connectivity index (χ2v) is 7.59. The van der Waals surface area contributed by atoms with Crippen LogP contribution in [0.4, 0.5) is 5.69 Å². The van der Waals surface area contributed by atoms with Crippen molar-refractivity contribution in [2.24, 2.45) is 0 Å². The van der Waals surface area contributed by atoms with Crippen LogP contribution >= 0.6 is 11.6 Å². The lowest BCUT2D eigenvalue weighted by atomic mass is 10.0. The van der Waals surface area contributed by atoms with Crippen molar-refractivity contribution in [1.82, 2.24) is 4.31 Å². The Morgan fingerprint density at radius 2 is 2.10 bits per heavy atom. The minimum Gasteiger partial charge on any atom is -0.398 e. The predicted molar refractivity (Wildman–Crippen MR) is 82.4 cm³/mol. The lowest BCUT2D eigenvalue weighted by Crippen LogP contribution is -2.43. The molecule has 1 aliphatic heterocycles. The van der Waals surface area contributed by atoms with Gasteiger partial charge in [0, 0.05) is 23.3 Å². The highest BCUT2D eigenvalue weighted by molar-refractivity contribution is 7.89. The molecule has 0 aromatic heterocycles. The molecule has 1 aliphatic rings. The van der Waals surface area contributed by atoms with Crippen molar-refractivity contribution in [3.8, 4) is 0 Å². The molecule has 20 heavy (non-hydrogen) atoms. The Hall–Kier alpha value is -0.780. The van der Waals surface area contributed by atoms with Crippen LogP contribution in [0.2, 0.25) is 5.02 Å². The van der Waals surface area contributed by atoms with Gasteiger partial charge in [-0.1, -0.05) is 24.9 Å². The van der Waals surface area contributed by atoms with Crippen LogP contribution < -0.4 is 5.73 Å². The number of halogens is 1. The third kappa shape index (κ3) is 2.80. The molecule has 1 saturated heterocycles. The van der Waals surface area contributed by atoms with Gasteiger partial charge in [0.15, 0.2) is 0 Å². The van der Waals surface area contributed by atoms with Crippen LogP contribution in [0.15, 0.2) is 17.0 Å². The van der Waals surface area contributed by atoms with Crippen molar-refractivity contribution < 1.29 is 8.42 Å². The first-order valence-electron chi connectivity index (χ1n) is 6.95. The van der Waals surface area contributed by atoms with E-state index in [0.717, 1.165) is 25.7 Å². The van der Waals surface area contributed by atoms with Gasteiger partial charge in [0.1, 0.15) is 0 Å². The number of piperidine rings is 1. The highest BCUT2D eigenvalue weighted by atomic mass is 35.5. The molecule has 1 unspecified atom stereocenters. The quantitative estimate of drug-likeness (QED) is 0.871. The van der Waals surface area contributed by atoms with Gasteiger partial charge in [-0.15, -0.1) is 0 Å². The van der Waals surface area contributed by atoms with Crippen LogP contribution in [0.1, 0.15) is 38.2 Å². The van der Waals surface area contributed by atoms with Crippen molar-refractivity contribution in [3.63, 3.8) is 0 Å². The first kappa shape index (κ1) is 15.6. The standard InChI is InChI=1S/C14H21ClN2O2S/c1-3-12-6-4-5-7-17(12)20(18,19)14-9-11(15)8-13(16)10(14)2/h8-9,12H,3-7,16H2,1-2H3. The number of benzene rings is 1. The topological polar surface area (TPSA) is 63.4 Å². The fourth-order valence-electron chi connectivity index (χ4n) is 2.77. The highest BCUT2D eigenvalue weighted by Crippen LogP contribution is 2.32. The molecule has 2 rings (SSSR count). The number of rotatable bonds is 3. The van der Waals surface area contributed by atoms with Gasteiger partial charge in [0.2, 0.25) is 10.0 Å². The van der Waals surface area contributed by atoms with Crippen LogP contribution in [-0.4, -0.2) is 25.3 Å². The van der Waals surface area contributed by atoms with Gasteiger partial charge in [0.05, 0.1) is 4.90 Å².